The number of nitrogens with one attached hydrogen (secondary N) is 1. The lowest BCUT2D eigenvalue weighted by Crippen LogP contribution is -2.39. The fourth-order valence-electron chi connectivity index (χ4n) is 3.74. The maximum absolute atomic E-state index is 12.6. The zero-order valence-electron chi connectivity index (χ0n) is 17.1. The molecule has 0 aliphatic carbocycles. The van der Waals surface area contributed by atoms with E-state index in [4.69, 9.17) is 0 Å². The van der Waals surface area contributed by atoms with Gasteiger partial charge in [-0.3, -0.25) is 18.9 Å². The Balaban J connectivity index is 1.53. The minimum atomic E-state index is -0.483. The van der Waals surface area contributed by atoms with Crippen LogP contribution in [0.25, 0.3) is 11.2 Å². The van der Waals surface area contributed by atoms with Gasteiger partial charge < -0.3 is 10.2 Å². The molecular formula is C20H26N8O2. The molecule has 0 amide bonds. The molecule has 1 saturated heterocycles. The Labute approximate surface area is 173 Å². The number of hydrogen-bond donors (Lipinski definition) is 1. The second kappa shape index (κ2) is 9.12. The molecular weight excluding hydrogens is 384 g/mol. The molecule has 10 nitrogen and oxygen atoms in total. The van der Waals surface area contributed by atoms with Crippen molar-refractivity contribution in [3.63, 3.8) is 0 Å². The monoisotopic (exact) mass is 410 g/mol. The summed E-state index contributed by atoms with van der Waals surface area (Å²) in [5.41, 5.74) is 0.167. The highest BCUT2D eigenvalue weighted by Crippen LogP contribution is 2.10. The predicted molar refractivity (Wildman–Crippen MR) is 114 cm³/mol. The van der Waals surface area contributed by atoms with Gasteiger partial charge in [0.1, 0.15) is 0 Å². The predicted octanol–water partition coefficient (Wildman–Crippen LogP) is 0.616. The van der Waals surface area contributed by atoms with Crippen molar-refractivity contribution < 1.29 is 0 Å². The van der Waals surface area contributed by atoms with Crippen LogP contribution in [0.3, 0.4) is 0 Å². The molecule has 10 heteroatoms. The number of pyridine rings is 1. The summed E-state index contributed by atoms with van der Waals surface area (Å²) >= 11 is 0. The Morgan fingerprint density at radius 2 is 1.97 bits per heavy atom. The van der Waals surface area contributed by atoms with Gasteiger partial charge in [-0.15, -0.1) is 10.2 Å². The van der Waals surface area contributed by atoms with E-state index in [-0.39, 0.29) is 17.7 Å². The van der Waals surface area contributed by atoms with E-state index in [1.807, 2.05) is 6.07 Å². The number of nitrogens with zero attached hydrogens (tertiary/aromatic N) is 7. The molecule has 4 rings (SSSR count). The Bertz CT molecular complexity index is 1120. The molecule has 158 valence electrons. The van der Waals surface area contributed by atoms with E-state index in [0.717, 1.165) is 23.1 Å². The first-order valence-corrected chi connectivity index (χ1v) is 10.3. The van der Waals surface area contributed by atoms with E-state index in [9.17, 15) is 9.59 Å². The van der Waals surface area contributed by atoms with Gasteiger partial charge in [0.05, 0.1) is 6.54 Å². The molecule has 0 radical (unpaired) electrons. The quantitative estimate of drug-likeness (QED) is 0.564. The Morgan fingerprint density at radius 1 is 1.13 bits per heavy atom. The fraction of sp³-hybridized carbons (Fsp3) is 0.500. The zero-order chi connectivity index (χ0) is 20.9. The first kappa shape index (κ1) is 20.1. The Hall–Kier alpha value is -3.14. The van der Waals surface area contributed by atoms with Gasteiger partial charge in [-0.05, 0) is 50.5 Å². The number of aromatic nitrogens is 6. The fourth-order valence-corrected chi connectivity index (χ4v) is 3.74. The van der Waals surface area contributed by atoms with E-state index in [2.05, 4.69) is 30.4 Å². The maximum Gasteiger partial charge on any atom is 0.332 e. The third kappa shape index (κ3) is 4.38. The normalized spacial score (nSPS) is 14.8. The van der Waals surface area contributed by atoms with Crippen LogP contribution < -0.4 is 16.6 Å². The van der Waals surface area contributed by atoms with E-state index in [1.54, 1.807) is 18.5 Å². The smallest absolute Gasteiger partial charge is 0.332 e. The lowest BCUT2D eigenvalue weighted by atomic mass is 10.1. The van der Waals surface area contributed by atoms with Crippen molar-refractivity contribution in [2.45, 2.75) is 32.2 Å². The van der Waals surface area contributed by atoms with Gasteiger partial charge in [0.15, 0.2) is 11.2 Å². The summed E-state index contributed by atoms with van der Waals surface area (Å²) in [5, 5.41) is 11.4. The Kier molecular flexibility index (Phi) is 6.12. The van der Waals surface area contributed by atoms with Crippen molar-refractivity contribution in [1.29, 1.82) is 0 Å². The zero-order valence-corrected chi connectivity index (χ0v) is 17.1. The third-order valence-corrected chi connectivity index (χ3v) is 5.40. The highest BCUT2D eigenvalue weighted by molar-refractivity contribution is 5.69. The van der Waals surface area contributed by atoms with Crippen LogP contribution in [0.15, 0.2) is 34.1 Å². The SMILES string of the molecule is Cn1c(=O)c2nc(NCCCN3CCCCC3)nnc2n(Cc2cccnc2)c1=O. The molecule has 0 aromatic carbocycles. The molecule has 1 aliphatic rings. The minimum Gasteiger partial charge on any atom is -0.353 e. The summed E-state index contributed by atoms with van der Waals surface area (Å²) in [6.07, 6.45) is 8.16. The van der Waals surface area contributed by atoms with E-state index in [0.29, 0.717) is 12.5 Å². The lowest BCUT2D eigenvalue weighted by molar-refractivity contribution is 0.228. The minimum absolute atomic E-state index is 0.120. The topological polar surface area (TPSA) is 111 Å². The van der Waals surface area contributed by atoms with Crippen molar-refractivity contribution in [1.82, 2.24) is 34.2 Å². The molecule has 0 saturated carbocycles. The largest absolute Gasteiger partial charge is 0.353 e. The molecule has 0 atom stereocenters. The van der Waals surface area contributed by atoms with Crippen LogP contribution >= 0.6 is 0 Å². The lowest BCUT2D eigenvalue weighted by Gasteiger charge is -2.26. The molecule has 1 fully saturated rings. The Morgan fingerprint density at radius 3 is 2.73 bits per heavy atom. The van der Waals surface area contributed by atoms with Gasteiger partial charge in [0, 0.05) is 26.0 Å². The standard InChI is InChI=1S/C20H26N8O2/c1-26-18(29)16-17(28(20(26)30)14-15-7-5-8-21-13-15)24-25-19(23-16)22-9-6-12-27-10-3-2-4-11-27/h5,7-8,13H,2-4,6,9-12,14H2,1H3,(H,22,23,25). The van der Waals surface area contributed by atoms with Gasteiger partial charge >= 0.3 is 5.69 Å². The summed E-state index contributed by atoms with van der Waals surface area (Å²) in [7, 11) is 1.44. The van der Waals surface area contributed by atoms with E-state index < -0.39 is 11.2 Å². The summed E-state index contributed by atoms with van der Waals surface area (Å²) < 4.78 is 2.45. The average molecular weight is 410 g/mol. The second-order valence-corrected chi connectivity index (χ2v) is 7.58. The van der Waals surface area contributed by atoms with E-state index in [1.165, 1.54) is 44.0 Å². The van der Waals surface area contributed by atoms with Crippen LogP contribution in [-0.2, 0) is 13.6 Å². The van der Waals surface area contributed by atoms with Gasteiger partial charge in [-0.25, -0.2) is 9.78 Å². The number of likely N-dealkylation sites (tertiary alicyclic amines) is 1. The number of hydrogen-bond acceptors (Lipinski definition) is 8. The number of fused-ring (bicyclic) bond motifs is 1. The molecule has 30 heavy (non-hydrogen) atoms. The molecule has 0 unspecified atom stereocenters. The van der Waals surface area contributed by atoms with Crippen molar-refractivity contribution >= 4 is 17.1 Å². The van der Waals surface area contributed by atoms with Crippen LogP contribution in [0.2, 0.25) is 0 Å². The third-order valence-electron chi connectivity index (χ3n) is 5.40. The van der Waals surface area contributed by atoms with Crippen LogP contribution in [0.4, 0.5) is 5.95 Å². The van der Waals surface area contributed by atoms with Crippen LogP contribution in [0.1, 0.15) is 31.2 Å². The number of rotatable bonds is 7. The van der Waals surface area contributed by atoms with Gasteiger partial charge in [0.2, 0.25) is 5.95 Å². The number of anilines is 1. The molecule has 3 aromatic heterocycles. The summed E-state index contributed by atoms with van der Waals surface area (Å²) in [5.74, 6) is 0.296. The number of piperidine rings is 1. The van der Waals surface area contributed by atoms with Crippen molar-refractivity contribution in [3.05, 3.63) is 50.9 Å². The second-order valence-electron chi connectivity index (χ2n) is 7.58. The highest BCUT2D eigenvalue weighted by atomic mass is 16.2. The van der Waals surface area contributed by atoms with Crippen LogP contribution in [-0.4, -0.2) is 60.4 Å². The van der Waals surface area contributed by atoms with Crippen LogP contribution in [0, 0.1) is 0 Å². The summed E-state index contributed by atoms with van der Waals surface area (Å²) in [6.45, 7) is 4.28. The molecule has 3 aromatic rings. The van der Waals surface area contributed by atoms with Gasteiger partial charge in [-0.2, -0.15) is 0 Å². The van der Waals surface area contributed by atoms with E-state index >= 15 is 0 Å². The summed E-state index contributed by atoms with van der Waals surface area (Å²) in [6, 6.07) is 3.65. The average Bonchev–Trinajstić information content (AvgIpc) is 2.79. The highest BCUT2D eigenvalue weighted by Gasteiger charge is 2.16. The van der Waals surface area contributed by atoms with Gasteiger partial charge in [-0.1, -0.05) is 12.5 Å². The molecule has 1 N–H and O–H groups in total. The van der Waals surface area contributed by atoms with Crippen molar-refractivity contribution in [2.75, 3.05) is 31.5 Å². The van der Waals surface area contributed by atoms with Crippen molar-refractivity contribution in [2.24, 2.45) is 7.05 Å². The van der Waals surface area contributed by atoms with Crippen molar-refractivity contribution in [3.8, 4) is 0 Å². The van der Waals surface area contributed by atoms with Gasteiger partial charge in [0.25, 0.3) is 5.56 Å². The maximum atomic E-state index is 12.6. The summed E-state index contributed by atoms with van der Waals surface area (Å²) in [4.78, 5) is 36.2. The molecule has 0 spiro atoms. The van der Waals surface area contributed by atoms with Crippen LogP contribution in [0.5, 0.6) is 0 Å². The first-order chi connectivity index (χ1) is 14.6. The molecule has 4 heterocycles. The first-order valence-electron chi connectivity index (χ1n) is 10.3. The molecule has 1 aliphatic heterocycles. The molecule has 0 bridgehead atoms.